The summed E-state index contributed by atoms with van der Waals surface area (Å²) in [7, 11) is 0. The third kappa shape index (κ3) is 6.85. The Hall–Kier alpha value is -3.81. The van der Waals surface area contributed by atoms with Crippen LogP contribution >= 0.6 is 23.4 Å². The van der Waals surface area contributed by atoms with Gasteiger partial charge < -0.3 is 14.8 Å². The first-order valence-electron chi connectivity index (χ1n) is 10.6. The Morgan fingerprint density at radius 1 is 0.800 bits per heavy atom. The van der Waals surface area contributed by atoms with Gasteiger partial charge in [0.2, 0.25) is 5.78 Å². The lowest BCUT2D eigenvalue weighted by Gasteiger charge is -2.14. The summed E-state index contributed by atoms with van der Waals surface area (Å²) in [5.41, 5.74) is 0.954. The van der Waals surface area contributed by atoms with Crippen molar-refractivity contribution in [1.29, 1.82) is 0 Å². The zero-order chi connectivity index (χ0) is 24.6. The molecule has 1 amide bonds. The van der Waals surface area contributed by atoms with Crippen molar-refractivity contribution >= 4 is 40.8 Å². The molecule has 0 heterocycles. The van der Waals surface area contributed by atoms with Gasteiger partial charge in [0.25, 0.3) is 5.91 Å². The molecule has 0 saturated heterocycles. The van der Waals surface area contributed by atoms with Crippen LogP contribution in [0.15, 0.2) is 107 Å². The van der Waals surface area contributed by atoms with Gasteiger partial charge in [-0.25, -0.2) is 0 Å². The van der Waals surface area contributed by atoms with Crippen LogP contribution in [0.25, 0.3) is 0 Å². The molecule has 1 aliphatic rings. The summed E-state index contributed by atoms with van der Waals surface area (Å²) < 4.78 is 11.2. The number of carbonyl (C=O) groups excluding carboxylic acids is 3. The molecule has 1 N–H and O–H groups in total. The zero-order valence-corrected chi connectivity index (χ0v) is 20.0. The molecule has 0 aliphatic heterocycles. The molecule has 0 bridgehead atoms. The Morgan fingerprint density at radius 3 is 2.17 bits per heavy atom. The average Bonchev–Trinajstić information content (AvgIpc) is 2.87. The van der Waals surface area contributed by atoms with E-state index in [-0.39, 0.29) is 17.2 Å². The third-order valence-electron chi connectivity index (χ3n) is 4.82. The molecule has 3 aromatic carbocycles. The molecule has 0 fully saturated rings. The standard InChI is InChI=1S/C27H20ClNO5S/c28-21-8-4-5-9-25(21)35-26-15-23(30)22(14-24(26)31)29-27(32)17-34-20-12-10-19(11-13-20)33-16-18-6-2-1-3-7-18/h1-15H,16-17H2,(H,29,32). The molecule has 0 radical (unpaired) electrons. The van der Waals surface area contributed by atoms with E-state index in [1.165, 1.54) is 6.08 Å². The maximum Gasteiger partial charge on any atom is 0.262 e. The lowest BCUT2D eigenvalue weighted by atomic mass is 10.1. The summed E-state index contributed by atoms with van der Waals surface area (Å²) in [5, 5.41) is 2.92. The fourth-order valence-corrected chi connectivity index (χ4v) is 4.20. The second-order valence-electron chi connectivity index (χ2n) is 7.41. The number of carbonyl (C=O) groups is 3. The van der Waals surface area contributed by atoms with E-state index in [0.717, 1.165) is 23.4 Å². The summed E-state index contributed by atoms with van der Waals surface area (Å²) in [5.74, 6) is -0.299. The summed E-state index contributed by atoms with van der Waals surface area (Å²) >= 11 is 7.22. The minimum atomic E-state index is -0.558. The first kappa shape index (κ1) is 24.3. The van der Waals surface area contributed by atoms with E-state index in [1.807, 2.05) is 30.3 Å². The van der Waals surface area contributed by atoms with Crippen LogP contribution in [0.1, 0.15) is 5.56 Å². The van der Waals surface area contributed by atoms with Crippen LogP contribution in [0.4, 0.5) is 0 Å². The number of ketones is 2. The van der Waals surface area contributed by atoms with Crippen LogP contribution < -0.4 is 14.8 Å². The lowest BCUT2D eigenvalue weighted by molar-refractivity contribution is -0.124. The number of hydrogen-bond donors (Lipinski definition) is 1. The molecule has 1 aliphatic carbocycles. The van der Waals surface area contributed by atoms with E-state index in [1.54, 1.807) is 48.5 Å². The smallest absolute Gasteiger partial charge is 0.262 e. The van der Waals surface area contributed by atoms with Gasteiger partial charge in [0, 0.05) is 17.0 Å². The molecule has 35 heavy (non-hydrogen) atoms. The summed E-state index contributed by atoms with van der Waals surface area (Å²) in [6, 6.07) is 23.7. The second-order valence-corrected chi connectivity index (χ2v) is 8.90. The van der Waals surface area contributed by atoms with Crippen LogP contribution in [0.3, 0.4) is 0 Å². The molecule has 0 aromatic heterocycles. The van der Waals surface area contributed by atoms with Gasteiger partial charge in [0.05, 0.1) is 15.6 Å². The van der Waals surface area contributed by atoms with E-state index in [4.69, 9.17) is 21.1 Å². The molecule has 4 rings (SSSR count). The SMILES string of the molecule is O=C(COc1ccc(OCc2ccccc2)cc1)NC1=CC(=O)C(Sc2ccccc2Cl)=CC1=O. The van der Waals surface area contributed by atoms with Gasteiger partial charge in [0.15, 0.2) is 12.4 Å². The number of hydrogen-bond acceptors (Lipinski definition) is 6. The maximum absolute atomic E-state index is 12.4. The fraction of sp³-hybridized carbons (Fsp3) is 0.0741. The number of thioether (sulfide) groups is 1. The second kappa shape index (κ2) is 11.6. The Morgan fingerprint density at radius 2 is 1.46 bits per heavy atom. The molecular formula is C27H20ClNO5S. The van der Waals surface area contributed by atoms with Gasteiger partial charge in [-0.3, -0.25) is 14.4 Å². The fourth-order valence-electron chi connectivity index (χ4n) is 3.07. The Kier molecular flexibility index (Phi) is 8.03. The third-order valence-corrected chi connectivity index (χ3v) is 6.38. The molecule has 3 aromatic rings. The Bertz CT molecular complexity index is 1300. The predicted molar refractivity (Wildman–Crippen MR) is 134 cm³/mol. The number of ether oxygens (including phenoxy) is 2. The summed E-state index contributed by atoms with van der Waals surface area (Å²) in [6.07, 6.45) is 2.30. The summed E-state index contributed by atoms with van der Waals surface area (Å²) in [4.78, 5) is 38.0. The van der Waals surface area contributed by atoms with Crippen LogP contribution in [0.2, 0.25) is 5.02 Å². The number of halogens is 1. The van der Waals surface area contributed by atoms with Crippen molar-refractivity contribution in [2.75, 3.05) is 6.61 Å². The number of allylic oxidation sites excluding steroid dienone is 3. The predicted octanol–water partition coefficient (Wildman–Crippen LogP) is 5.13. The van der Waals surface area contributed by atoms with Gasteiger partial charge in [-0.15, -0.1) is 0 Å². The van der Waals surface area contributed by atoms with Gasteiger partial charge in [-0.2, -0.15) is 0 Å². The summed E-state index contributed by atoms with van der Waals surface area (Å²) in [6.45, 7) is 0.117. The van der Waals surface area contributed by atoms with Crippen molar-refractivity contribution < 1.29 is 23.9 Å². The van der Waals surface area contributed by atoms with Crippen LogP contribution in [0, 0.1) is 0 Å². The number of nitrogens with one attached hydrogen (secondary N) is 1. The maximum atomic E-state index is 12.4. The number of rotatable bonds is 9. The highest BCUT2D eigenvalue weighted by atomic mass is 35.5. The molecule has 0 saturated carbocycles. The topological polar surface area (TPSA) is 81.7 Å². The van der Waals surface area contributed by atoms with Crippen LogP contribution in [0.5, 0.6) is 11.5 Å². The quantitative estimate of drug-likeness (QED) is 0.406. The number of amides is 1. The average molecular weight is 506 g/mol. The van der Waals surface area contributed by atoms with E-state index >= 15 is 0 Å². The van der Waals surface area contributed by atoms with Crippen molar-refractivity contribution in [3.63, 3.8) is 0 Å². The molecule has 6 nitrogen and oxygen atoms in total. The number of benzene rings is 3. The molecule has 0 spiro atoms. The highest BCUT2D eigenvalue weighted by Gasteiger charge is 2.23. The first-order valence-corrected chi connectivity index (χ1v) is 11.8. The largest absolute Gasteiger partial charge is 0.489 e. The van der Waals surface area contributed by atoms with Gasteiger partial charge in [0.1, 0.15) is 18.1 Å². The van der Waals surface area contributed by atoms with Gasteiger partial charge in [-0.05, 0) is 42.0 Å². The molecule has 176 valence electrons. The van der Waals surface area contributed by atoms with E-state index in [9.17, 15) is 14.4 Å². The van der Waals surface area contributed by atoms with Crippen LogP contribution in [-0.4, -0.2) is 24.1 Å². The minimum absolute atomic E-state index is 0.100. The van der Waals surface area contributed by atoms with Crippen LogP contribution in [-0.2, 0) is 21.0 Å². The Balaban J connectivity index is 1.26. The normalized spacial score (nSPS) is 13.1. The van der Waals surface area contributed by atoms with Gasteiger partial charge in [-0.1, -0.05) is 65.8 Å². The van der Waals surface area contributed by atoms with E-state index in [2.05, 4.69) is 5.32 Å². The molecule has 0 unspecified atom stereocenters. The monoisotopic (exact) mass is 505 g/mol. The highest BCUT2D eigenvalue weighted by Crippen LogP contribution is 2.34. The van der Waals surface area contributed by atoms with Crippen molar-refractivity contribution in [2.45, 2.75) is 11.5 Å². The minimum Gasteiger partial charge on any atom is -0.489 e. The van der Waals surface area contributed by atoms with E-state index in [0.29, 0.717) is 28.0 Å². The highest BCUT2D eigenvalue weighted by molar-refractivity contribution is 8.04. The van der Waals surface area contributed by atoms with Crippen molar-refractivity contribution in [2.24, 2.45) is 0 Å². The Labute approximate surface area is 211 Å². The molecule has 8 heteroatoms. The molecule has 0 atom stereocenters. The molecular weight excluding hydrogens is 486 g/mol. The zero-order valence-electron chi connectivity index (χ0n) is 18.4. The van der Waals surface area contributed by atoms with Crippen molar-refractivity contribution in [3.05, 3.63) is 112 Å². The van der Waals surface area contributed by atoms with Gasteiger partial charge >= 0.3 is 0 Å². The first-order chi connectivity index (χ1) is 17.0. The van der Waals surface area contributed by atoms with Crippen molar-refractivity contribution in [1.82, 2.24) is 5.32 Å². The van der Waals surface area contributed by atoms with E-state index < -0.39 is 17.5 Å². The van der Waals surface area contributed by atoms with Crippen molar-refractivity contribution in [3.8, 4) is 11.5 Å². The lowest BCUT2D eigenvalue weighted by Crippen LogP contribution is -2.33.